The zero-order chi connectivity index (χ0) is 11.9. The maximum Gasteiger partial charge on any atom is 0.0647 e. The Bertz CT molecular complexity index is 359. The molecule has 15 heavy (non-hydrogen) atoms. The van der Waals surface area contributed by atoms with Crippen molar-refractivity contribution in [3.63, 3.8) is 0 Å². The van der Waals surface area contributed by atoms with Crippen LogP contribution in [-0.4, -0.2) is 9.78 Å². The van der Waals surface area contributed by atoms with Crippen molar-refractivity contribution in [1.82, 2.24) is 9.78 Å². The van der Waals surface area contributed by atoms with Crippen molar-refractivity contribution in [2.75, 3.05) is 0 Å². The van der Waals surface area contributed by atoms with E-state index in [1.165, 1.54) is 0 Å². The van der Waals surface area contributed by atoms with Crippen LogP contribution in [0.2, 0.25) is 0 Å². The van der Waals surface area contributed by atoms with Crippen LogP contribution in [0.25, 0.3) is 5.57 Å². The van der Waals surface area contributed by atoms with E-state index in [1.807, 2.05) is 16.9 Å². The van der Waals surface area contributed by atoms with Crippen LogP contribution in [-0.2, 0) is 5.54 Å². The maximum atomic E-state index is 4.38. The predicted octanol–water partition coefficient (Wildman–Crippen LogP) is 3.70. The van der Waals surface area contributed by atoms with Crippen molar-refractivity contribution < 1.29 is 0 Å². The van der Waals surface area contributed by atoms with E-state index in [0.29, 0.717) is 0 Å². The highest BCUT2D eigenvalue weighted by atomic mass is 15.3. The van der Waals surface area contributed by atoms with Crippen LogP contribution in [0.3, 0.4) is 0 Å². The summed E-state index contributed by atoms with van der Waals surface area (Å²) in [6, 6.07) is 2.04. The van der Waals surface area contributed by atoms with Crippen molar-refractivity contribution in [2.24, 2.45) is 5.41 Å². The van der Waals surface area contributed by atoms with Gasteiger partial charge in [-0.3, -0.25) is 4.68 Å². The van der Waals surface area contributed by atoms with Gasteiger partial charge in [-0.25, -0.2) is 0 Å². The molecule has 0 spiro atoms. The van der Waals surface area contributed by atoms with Gasteiger partial charge in [-0.15, -0.1) is 0 Å². The largest absolute Gasteiger partial charge is 0.260 e. The van der Waals surface area contributed by atoms with Crippen molar-refractivity contribution >= 4 is 5.57 Å². The number of hydrogen-bond donors (Lipinski definition) is 0. The monoisotopic (exact) mass is 206 g/mol. The fraction of sp³-hybridized carbons (Fsp3) is 0.615. The minimum absolute atomic E-state index is 0.00697. The molecule has 0 unspecified atom stereocenters. The number of nitrogens with zero attached hydrogens (tertiary/aromatic N) is 2. The molecule has 0 aliphatic carbocycles. The summed E-state index contributed by atoms with van der Waals surface area (Å²) >= 11 is 0. The SMILES string of the molecule is C=C(c1ccnn1C(C)(C)C)C(C)(C)C. The molecule has 1 aromatic rings. The van der Waals surface area contributed by atoms with Gasteiger partial charge in [0.1, 0.15) is 0 Å². The van der Waals surface area contributed by atoms with Crippen molar-refractivity contribution in [1.29, 1.82) is 0 Å². The van der Waals surface area contributed by atoms with Crippen LogP contribution in [0.1, 0.15) is 47.2 Å². The summed E-state index contributed by atoms with van der Waals surface area (Å²) in [4.78, 5) is 0. The molecule has 0 amide bonds. The maximum absolute atomic E-state index is 4.38. The minimum atomic E-state index is 0.00697. The predicted molar refractivity (Wildman–Crippen MR) is 65.7 cm³/mol. The lowest BCUT2D eigenvalue weighted by Gasteiger charge is -2.28. The average Bonchev–Trinajstić information content (AvgIpc) is 2.47. The fourth-order valence-electron chi connectivity index (χ4n) is 1.45. The van der Waals surface area contributed by atoms with E-state index < -0.39 is 0 Å². The van der Waals surface area contributed by atoms with E-state index in [2.05, 4.69) is 53.2 Å². The number of rotatable bonds is 1. The molecule has 2 nitrogen and oxygen atoms in total. The molecular formula is C13H22N2. The third kappa shape index (κ3) is 2.49. The van der Waals surface area contributed by atoms with E-state index >= 15 is 0 Å². The first-order valence-electron chi connectivity index (χ1n) is 5.38. The van der Waals surface area contributed by atoms with E-state index in [9.17, 15) is 0 Å². The van der Waals surface area contributed by atoms with Gasteiger partial charge in [0.05, 0.1) is 11.2 Å². The Kier molecular flexibility index (Phi) is 2.81. The first-order valence-corrected chi connectivity index (χ1v) is 5.38. The standard InChI is InChI=1S/C13H22N2/c1-10(12(2,3)4)11-8-9-14-15(11)13(5,6)7/h8-9H,1H2,2-7H3. The van der Waals surface area contributed by atoms with Gasteiger partial charge in [0.15, 0.2) is 0 Å². The quantitative estimate of drug-likeness (QED) is 0.685. The Morgan fingerprint density at radius 3 is 2.13 bits per heavy atom. The molecule has 0 aromatic carbocycles. The van der Waals surface area contributed by atoms with Gasteiger partial charge in [0.2, 0.25) is 0 Å². The fourth-order valence-corrected chi connectivity index (χ4v) is 1.45. The second kappa shape index (κ2) is 3.51. The lowest BCUT2D eigenvalue weighted by atomic mass is 9.85. The Hall–Kier alpha value is -1.05. The molecule has 0 atom stereocenters. The van der Waals surface area contributed by atoms with Gasteiger partial charge in [0.25, 0.3) is 0 Å². The van der Waals surface area contributed by atoms with Gasteiger partial charge in [-0.2, -0.15) is 5.10 Å². The van der Waals surface area contributed by atoms with E-state index in [0.717, 1.165) is 11.3 Å². The summed E-state index contributed by atoms with van der Waals surface area (Å²) < 4.78 is 2.04. The van der Waals surface area contributed by atoms with Gasteiger partial charge in [0, 0.05) is 6.20 Å². The first-order chi connectivity index (χ1) is 6.64. The highest BCUT2D eigenvalue weighted by molar-refractivity contribution is 5.64. The molecule has 0 bridgehead atoms. The lowest BCUT2D eigenvalue weighted by Crippen LogP contribution is -2.26. The zero-order valence-corrected chi connectivity index (χ0v) is 10.8. The zero-order valence-electron chi connectivity index (χ0n) is 10.8. The molecule has 0 fully saturated rings. The summed E-state index contributed by atoms with van der Waals surface area (Å²) in [5.41, 5.74) is 2.36. The third-order valence-corrected chi connectivity index (χ3v) is 2.49. The van der Waals surface area contributed by atoms with Gasteiger partial charge in [-0.1, -0.05) is 27.4 Å². The number of aromatic nitrogens is 2. The van der Waals surface area contributed by atoms with Crippen LogP contribution >= 0.6 is 0 Å². The van der Waals surface area contributed by atoms with Crippen LogP contribution in [0.5, 0.6) is 0 Å². The summed E-state index contributed by atoms with van der Waals surface area (Å²) in [5.74, 6) is 0. The van der Waals surface area contributed by atoms with E-state index in [1.54, 1.807) is 0 Å². The molecule has 84 valence electrons. The highest BCUT2D eigenvalue weighted by Crippen LogP contribution is 2.33. The molecule has 0 N–H and O–H groups in total. The van der Waals surface area contributed by atoms with E-state index in [-0.39, 0.29) is 11.0 Å². The molecule has 0 radical (unpaired) electrons. The lowest BCUT2D eigenvalue weighted by molar-refractivity contribution is 0.349. The molecule has 1 heterocycles. The van der Waals surface area contributed by atoms with Crippen LogP contribution in [0.15, 0.2) is 18.8 Å². The van der Waals surface area contributed by atoms with Crippen LogP contribution in [0.4, 0.5) is 0 Å². The molecule has 0 saturated heterocycles. The topological polar surface area (TPSA) is 17.8 Å². The average molecular weight is 206 g/mol. The number of allylic oxidation sites excluding steroid dienone is 1. The molecule has 0 saturated carbocycles. The molecule has 0 aliphatic heterocycles. The highest BCUT2D eigenvalue weighted by Gasteiger charge is 2.24. The molecule has 1 aromatic heterocycles. The third-order valence-electron chi connectivity index (χ3n) is 2.49. The molecular weight excluding hydrogens is 184 g/mol. The summed E-state index contributed by atoms with van der Waals surface area (Å²) in [5, 5.41) is 4.38. The summed E-state index contributed by atoms with van der Waals surface area (Å²) in [7, 11) is 0. The van der Waals surface area contributed by atoms with Crippen molar-refractivity contribution in [3.05, 3.63) is 24.5 Å². The normalized spacial score (nSPS) is 12.9. The summed E-state index contributed by atoms with van der Waals surface area (Å²) in [6.45, 7) is 17.2. The van der Waals surface area contributed by atoms with Gasteiger partial charge >= 0.3 is 0 Å². The number of hydrogen-bond acceptors (Lipinski definition) is 1. The molecule has 2 heteroatoms. The van der Waals surface area contributed by atoms with E-state index in [4.69, 9.17) is 0 Å². The van der Waals surface area contributed by atoms with Gasteiger partial charge in [-0.05, 0) is 37.8 Å². The Morgan fingerprint density at radius 1 is 1.20 bits per heavy atom. The second-order valence-electron chi connectivity index (χ2n) is 6.03. The first kappa shape index (κ1) is 12.0. The van der Waals surface area contributed by atoms with Crippen molar-refractivity contribution in [2.45, 2.75) is 47.1 Å². The van der Waals surface area contributed by atoms with Crippen LogP contribution < -0.4 is 0 Å². The Morgan fingerprint density at radius 2 is 1.73 bits per heavy atom. The molecule has 1 rings (SSSR count). The second-order valence-corrected chi connectivity index (χ2v) is 6.03. The van der Waals surface area contributed by atoms with Crippen LogP contribution in [0, 0.1) is 5.41 Å². The minimum Gasteiger partial charge on any atom is -0.260 e. The smallest absolute Gasteiger partial charge is 0.0647 e. The van der Waals surface area contributed by atoms with Crippen molar-refractivity contribution in [3.8, 4) is 0 Å². The Balaban J connectivity index is 3.18. The Labute approximate surface area is 93.0 Å². The summed E-state index contributed by atoms with van der Waals surface area (Å²) in [6.07, 6.45) is 1.84. The van der Waals surface area contributed by atoms with Gasteiger partial charge < -0.3 is 0 Å². The molecule has 0 aliphatic rings.